The molecule has 0 radical (unpaired) electrons. The molecule has 4 rings (SSSR count). The summed E-state index contributed by atoms with van der Waals surface area (Å²) in [6, 6.07) is 15.1. The number of rotatable bonds is 13. The van der Waals surface area contributed by atoms with Crippen LogP contribution < -0.4 is 4.74 Å². The fourth-order valence-corrected chi connectivity index (χ4v) is 4.61. The summed E-state index contributed by atoms with van der Waals surface area (Å²) in [5.74, 6) is 0.879. The van der Waals surface area contributed by atoms with Crippen LogP contribution in [0.15, 0.2) is 54.7 Å². The van der Waals surface area contributed by atoms with E-state index in [1.165, 1.54) is 37.0 Å². The Balaban J connectivity index is 1.27. The minimum absolute atomic E-state index is 0.450. The van der Waals surface area contributed by atoms with Gasteiger partial charge in [-0.3, -0.25) is 0 Å². The van der Waals surface area contributed by atoms with E-state index in [0.717, 1.165) is 58.6 Å². The molecule has 7 nitrogen and oxygen atoms in total. The Hall–Kier alpha value is -2.78. The third kappa shape index (κ3) is 6.42. The van der Waals surface area contributed by atoms with Crippen molar-refractivity contribution in [2.24, 2.45) is 0 Å². The maximum absolute atomic E-state index is 9.24. The molecule has 0 saturated carbocycles. The minimum Gasteiger partial charge on any atom is -0.494 e. The fourth-order valence-electron chi connectivity index (χ4n) is 3.72. The van der Waals surface area contributed by atoms with E-state index in [0.29, 0.717) is 5.56 Å². The molecular weight excluding hydrogens is 450 g/mol. The second-order valence-electron chi connectivity index (χ2n) is 8.24. The van der Waals surface area contributed by atoms with Crippen LogP contribution in [-0.2, 0) is 4.74 Å². The molecule has 0 unspecified atom stereocenters. The van der Waals surface area contributed by atoms with Crippen LogP contribution in [0.2, 0.25) is 0 Å². The number of aliphatic hydroxyl groups excluding tert-OH is 1. The molecule has 0 aliphatic carbocycles. The molecule has 0 atom stereocenters. The lowest BCUT2D eigenvalue weighted by atomic mass is 10.1. The first-order chi connectivity index (χ1) is 16.6. The first kappa shape index (κ1) is 24.3. The minimum atomic E-state index is -1.47. The molecule has 0 bridgehead atoms. The average Bonchev–Trinajstić information content (AvgIpc) is 3.43. The molecule has 2 aromatic heterocycles. The molecule has 2 aromatic carbocycles. The molecule has 0 aliphatic heterocycles. The molecule has 34 heavy (non-hydrogen) atoms. The predicted octanol–water partition coefficient (Wildman–Crippen LogP) is 5.47. The number of aromatic nitrogens is 3. The first-order valence-corrected chi connectivity index (χ1v) is 12.5. The van der Waals surface area contributed by atoms with Gasteiger partial charge in [-0.1, -0.05) is 61.3 Å². The maximum atomic E-state index is 9.24. The van der Waals surface area contributed by atoms with Crippen LogP contribution in [0.1, 0.15) is 50.4 Å². The zero-order valence-electron chi connectivity index (χ0n) is 19.4. The van der Waals surface area contributed by atoms with Crippen molar-refractivity contribution in [2.45, 2.75) is 44.8 Å². The second kappa shape index (κ2) is 12.1. The molecule has 0 saturated heterocycles. The first-order valence-electron chi connectivity index (χ1n) is 11.7. The van der Waals surface area contributed by atoms with Crippen molar-refractivity contribution in [1.29, 1.82) is 0 Å². The van der Waals surface area contributed by atoms with Crippen LogP contribution in [0.3, 0.4) is 0 Å². The van der Waals surface area contributed by atoms with Gasteiger partial charge in [0.25, 0.3) is 0 Å². The van der Waals surface area contributed by atoms with Crippen LogP contribution in [0.25, 0.3) is 26.8 Å². The van der Waals surface area contributed by atoms with Crippen molar-refractivity contribution in [3.63, 3.8) is 0 Å². The SMILES string of the molecule is COCCCCCCCCOc1ccc(-c2nn3cc(-c4ccc(C(O)O)cc4)nc3s2)cc1. The van der Waals surface area contributed by atoms with E-state index in [9.17, 15) is 10.2 Å². The maximum Gasteiger partial charge on any atom is 0.213 e. The molecule has 0 aliphatic rings. The highest BCUT2D eigenvalue weighted by atomic mass is 32.1. The van der Waals surface area contributed by atoms with Crippen LogP contribution in [0, 0.1) is 0 Å². The number of fused-ring (bicyclic) bond motifs is 1. The van der Waals surface area contributed by atoms with Gasteiger partial charge in [0.05, 0.1) is 18.5 Å². The molecule has 2 N–H and O–H groups in total. The van der Waals surface area contributed by atoms with E-state index >= 15 is 0 Å². The number of unbranched alkanes of at least 4 members (excludes halogenated alkanes) is 5. The van der Waals surface area contributed by atoms with Crippen LogP contribution in [0.4, 0.5) is 0 Å². The Kier molecular flexibility index (Phi) is 8.65. The lowest BCUT2D eigenvalue weighted by Crippen LogP contribution is -1.97. The summed E-state index contributed by atoms with van der Waals surface area (Å²) in [5, 5.41) is 24.1. The van der Waals surface area contributed by atoms with Crippen molar-refractivity contribution in [3.8, 4) is 27.6 Å². The quantitative estimate of drug-likeness (QED) is 0.194. The number of hydrogen-bond acceptors (Lipinski definition) is 7. The summed E-state index contributed by atoms with van der Waals surface area (Å²) in [5.41, 5.74) is 3.17. The highest BCUT2D eigenvalue weighted by Crippen LogP contribution is 2.29. The average molecular weight is 482 g/mol. The highest BCUT2D eigenvalue weighted by molar-refractivity contribution is 7.19. The lowest BCUT2D eigenvalue weighted by Gasteiger charge is -2.06. The van der Waals surface area contributed by atoms with Crippen LogP contribution in [-0.4, -0.2) is 45.1 Å². The second-order valence-corrected chi connectivity index (χ2v) is 9.20. The third-order valence-electron chi connectivity index (χ3n) is 5.66. The van der Waals surface area contributed by atoms with Crippen molar-refractivity contribution >= 4 is 16.3 Å². The van der Waals surface area contributed by atoms with Gasteiger partial charge in [-0.25, -0.2) is 9.50 Å². The summed E-state index contributed by atoms with van der Waals surface area (Å²) in [6.45, 7) is 1.60. The summed E-state index contributed by atoms with van der Waals surface area (Å²) in [4.78, 5) is 5.47. The smallest absolute Gasteiger partial charge is 0.213 e. The molecule has 8 heteroatoms. The zero-order chi connectivity index (χ0) is 23.8. The van der Waals surface area contributed by atoms with Gasteiger partial charge in [0, 0.05) is 30.4 Å². The van der Waals surface area contributed by atoms with Crippen molar-refractivity contribution in [3.05, 3.63) is 60.3 Å². The lowest BCUT2D eigenvalue weighted by molar-refractivity contribution is -0.0424. The number of aliphatic hydroxyl groups is 2. The fraction of sp³-hybridized carbons (Fsp3) is 0.385. The largest absolute Gasteiger partial charge is 0.494 e. The molecule has 0 fully saturated rings. The van der Waals surface area contributed by atoms with E-state index in [-0.39, 0.29) is 0 Å². The topological polar surface area (TPSA) is 89.1 Å². The van der Waals surface area contributed by atoms with Crippen molar-refractivity contribution < 1.29 is 19.7 Å². The molecule has 0 spiro atoms. The van der Waals surface area contributed by atoms with Gasteiger partial charge in [-0.05, 0) is 37.1 Å². The Labute approximate surface area is 203 Å². The Morgan fingerprint density at radius 2 is 1.50 bits per heavy atom. The Bertz CT molecular complexity index is 1120. The van der Waals surface area contributed by atoms with E-state index < -0.39 is 6.29 Å². The van der Waals surface area contributed by atoms with Gasteiger partial charge in [-0.2, -0.15) is 5.10 Å². The standard InChI is InChI=1S/C26H31N3O4S/c1-32-16-6-4-2-3-5-7-17-33-22-14-12-20(13-15-22)24-28-29-18-23(27-26(29)34-24)19-8-10-21(11-9-19)25(30)31/h8-15,18,25,30-31H,2-7,16-17H2,1H3. The number of hydrogen-bond donors (Lipinski definition) is 2. The van der Waals surface area contributed by atoms with Crippen molar-refractivity contribution in [2.75, 3.05) is 20.3 Å². The monoisotopic (exact) mass is 481 g/mol. The molecule has 0 amide bonds. The van der Waals surface area contributed by atoms with Gasteiger partial charge in [0.2, 0.25) is 4.96 Å². The third-order valence-corrected chi connectivity index (χ3v) is 6.63. The van der Waals surface area contributed by atoms with E-state index in [4.69, 9.17) is 9.47 Å². The zero-order valence-corrected chi connectivity index (χ0v) is 20.2. The van der Waals surface area contributed by atoms with Crippen molar-refractivity contribution in [1.82, 2.24) is 14.6 Å². The number of imidazole rings is 1. The van der Waals surface area contributed by atoms with E-state index in [1.54, 1.807) is 23.8 Å². The molecule has 4 aromatic rings. The summed E-state index contributed by atoms with van der Waals surface area (Å²) < 4.78 is 12.7. The normalized spacial score (nSPS) is 11.5. The molecular formula is C26H31N3O4S. The summed E-state index contributed by atoms with van der Waals surface area (Å²) in [7, 11) is 1.75. The van der Waals surface area contributed by atoms with E-state index in [2.05, 4.69) is 10.1 Å². The predicted molar refractivity (Wildman–Crippen MR) is 134 cm³/mol. The van der Waals surface area contributed by atoms with Gasteiger partial charge in [0.15, 0.2) is 6.29 Å². The molecule has 2 heterocycles. The number of ether oxygens (including phenoxy) is 2. The van der Waals surface area contributed by atoms with Gasteiger partial charge in [0.1, 0.15) is 10.8 Å². The van der Waals surface area contributed by atoms with Gasteiger partial charge >= 0.3 is 0 Å². The Morgan fingerprint density at radius 3 is 2.15 bits per heavy atom. The van der Waals surface area contributed by atoms with Gasteiger partial charge < -0.3 is 19.7 Å². The summed E-state index contributed by atoms with van der Waals surface area (Å²) >= 11 is 1.53. The number of nitrogens with zero attached hydrogens (tertiary/aromatic N) is 3. The number of methoxy groups -OCH3 is 1. The summed E-state index contributed by atoms with van der Waals surface area (Å²) in [6.07, 6.45) is 7.57. The molecule has 180 valence electrons. The number of benzene rings is 2. The van der Waals surface area contributed by atoms with Gasteiger partial charge in [-0.15, -0.1) is 0 Å². The van der Waals surface area contributed by atoms with Crippen LogP contribution in [0.5, 0.6) is 5.75 Å². The Morgan fingerprint density at radius 1 is 0.853 bits per heavy atom. The van der Waals surface area contributed by atoms with Crippen LogP contribution >= 0.6 is 11.3 Å². The highest BCUT2D eigenvalue weighted by Gasteiger charge is 2.12. The van der Waals surface area contributed by atoms with E-state index in [1.807, 2.05) is 42.6 Å².